The predicted octanol–water partition coefficient (Wildman–Crippen LogP) is 7.40. The van der Waals surface area contributed by atoms with Gasteiger partial charge in [-0.15, -0.1) is 0 Å². The maximum atomic E-state index is 12.5. The molecule has 0 spiro atoms. The van der Waals surface area contributed by atoms with Crippen molar-refractivity contribution in [1.29, 1.82) is 0 Å². The molecule has 218 valence electrons. The molecule has 1 rings (SSSR count). The first kappa shape index (κ1) is 34.1. The Balaban J connectivity index is 2.44. The number of anilines is 1. The maximum absolute atomic E-state index is 12.5. The largest absolute Gasteiger partial charge is 0.491 e. The maximum Gasteiger partial charge on any atom is 0.240 e. The molecule has 0 heterocycles. The van der Waals surface area contributed by atoms with E-state index in [0.717, 1.165) is 19.3 Å². The number of hydrogen-bond donors (Lipinski definition) is 2. The van der Waals surface area contributed by atoms with Crippen LogP contribution in [0.5, 0.6) is 5.75 Å². The van der Waals surface area contributed by atoms with Crippen LogP contribution in [-0.2, 0) is 19.6 Å². The van der Waals surface area contributed by atoms with Crippen molar-refractivity contribution in [3.63, 3.8) is 0 Å². The zero-order valence-electron chi connectivity index (χ0n) is 24.5. The molecule has 0 saturated carbocycles. The molecule has 38 heavy (non-hydrogen) atoms. The SMILES string of the molecule is CCCCCCCCCCCCCCCCOc1ccc(S(=O)(=O)NC)cc1NC(=O)CC(=O)C(C)(C)C. The highest BCUT2D eigenvalue weighted by atomic mass is 32.2. The topological polar surface area (TPSA) is 102 Å². The van der Waals surface area contributed by atoms with Crippen LogP contribution in [0.3, 0.4) is 0 Å². The quantitative estimate of drug-likeness (QED) is 0.122. The zero-order valence-corrected chi connectivity index (χ0v) is 25.3. The summed E-state index contributed by atoms with van der Waals surface area (Å²) in [5, 5.41) is 2.68. The van der Waals surface area contributed by atoms with Crippen molar-refractivity contribution in [3.05, 3.63) is 18.2 Å². The number of carbonyl (C=O) groups excluding carboxylic acids is 2. The van der Waals surface area contributed by atoms with E-state index in [1.807, 2.05) is 0 Å². The number of hydrogen-bond acceptors (Lipinski definition) is 5. The Kier molecular flexibility index (Phi) is 16.5. The van der Waals surface area contributed by atoms with E-state index < -0.39 is 21.3 Å². The number of ether oxygens (including phenoxy) is 1. The molecule has 0 saturated heterocycles. The first-order valence-corrected chi connectivity index (χ1v) is 16.0. The number of carbonyl (C=O) groups is 2. The van der Waals surface area contributed by atoms with Crippen LogP contribution < -0.4 is 14.8 Å². The minimum absolute atomic E-state index is 0.0151. The second kappa shape index (κ2) is 18.4. The number of ketones is 1. The number of nitrogens with one attached hydrogen (secondary N) is 2. The third-order valence-electron chi connectivity index (χ3n) is 6.72. The Morgan fingerprint density at radius 2 is 1.32 bits per heavy atom. The minimum atomic E-state index is -3.69. The summed E-state index contributed by atoms with van der Waals surface area (Å²) in [6.07, 6.45) is 17.6. The van der Waals surface area contributed by atoms with Gasteiger partial charge in [0, 0.05) is 5.41 Å². The molecular formula is C30H52N2O5S. The number of Topliss-reactive ketones (excluding diaryl/α,β-unsaturated/α-hetero) is 1. The van der Waals surface area contributed by atoms with E-state index in [-0.39, 0.29) is 22.8 Å². The fourth-order valence-electron chi connectivity index (χ4n) is 4.10. The van der Waals surface area contributed by atoms with E-state index in [0.29, 0.717) is 12.4 Å². The van der Waals surface area contributed by atoms with Crippen molar-refractivity contribution >= 4 is 27.4 Å². The zero-order chi connectivity index (χ0) is 28.4. The van der Waals surface area contributed by atoms with Gasteiger partial charge in [-0.1, -0.05) is 111 Å². The molecule has 1 aromatic rings. The van der Waals surface area contributed by atoms with Gasteiger partial charge in [-0.3, -0.25) is 9.59 Å². The molecule has 0 bridgehead atoms. The molecule has 2 N–H and O–H groups in total. The second-order valence-corrected chi connectivity index (χ2v) is 13.1. The van der Waals surface area contributed by atoms with E-state index in [2.05, 4.69) is 17.0 Å². The van der Waals surface area contributed by atoms with Gasteiger partial charge >= 0.3 is 0 Å². The van der Waals surface area contributed by atoms with E-state index in [1.54, 1.807) is 26.8 Å². The lowest BCUT2D eigenvalue weighted by atomic mass is 9.89. The van der Waals surface area contributed by atoms with E-state index >= 15 is 0 Å². The van der Waals surface area contributed by atoms with Crippen molar-refractivity contribution in [3.8, 4) is 5.75 Å². The average Bonchev–Trinajstić information content (AvgIpc) is 2.86. The van der Waals surface area contributed by atoms with Crippen molar-refractivity contribution in [1.82, 2.24) is 4.72 Å². The molecular weight excluding hydrogens is 500 g/mol. The summed E-state index contributed by atoms with van der Waals surface area (Å²) >= 11 is 0. The van der Waals surface area contributed by atoms with Crippen molar-refractivity contribution in [2.45, 2.75) is 129 Å². The fourth-order valence-corrected chi connectivity index (χ4v) is 4.86. The number of sulfonamides is 1. The van der Waals surface area contributed by atoms with Gasteiger partial charge in [0.1, 0.15) is 11.5 Å². The highest BCUT2D eigenvalue weighted by Gasteiger charge is 2.24. The van der Waals surface area contributed by atoms with Crippen molar-refractivity contribution in [2.75, 3.05) is 19.0 Å². The van der Waals surface area contributed by atoms with Crippen LogP contribution in [0.4, 0.5) is 5.69 Å². The van der Waals surface area contributed by atoms with Gasteiger partial charge in [-0.25, -0.2) is 13.1 Å². The first-order chi connectivity index (χ1) is 18.0. The van der Waals surface area contributed by atoms with Crippen LogP contribution in [0, 0.1) is 5.41 Å². The lowest BCUT2D eigenvalue weighted by molar-refractivity contribution is -0.130. The summed E-state index contributed by atoms with van der Waals surface area (Å²) < 4.78 is 32.7. The van der Waals surface area contributed by atoms with Crippen LogP contribution in [0.25, 0.3) is 0 Å². The fraction of sp³-hybridized carbons (Fsp3) is 0.733. The number of benzene rings is 1. The Morgan fingerprint density at radius 1 is 0.816 bits per heavy atom. The van der Waals surface area contributed by atoms with E-state index in [9.17, 15) is 18.0 Å². The minimum Gasteiger partial charge on any atom is -0.491 e. The summed E-state index contributed by atoms with van der Waals surface area (Å²) in [4.78, 5) is 24.8. The summed E-state index contributed by atoms with van der Waals surface area (Å²) in [7, 11) is -2.37. The summed E-state index contributed by atoms with van der Waals surface area (Å²) in [5.41, 5.74) is -0.389. The van der Waals surface area contributed by atoms with Crippen LogP contribution in [-0.4, -0.2) is 33.8 Å². The molecule has 0 radical (unpaired) electrons. The normalized spacial score (nSPS) is 11.9. The van der Waals surface area contributed by atoms with Gasteiger partial charge < -0.3 is 10.1 Å². The molecule has 0 fully saturated rings. The molecule has 0 aliphatic heterocycles. The van der Waals surface area contributed by atoms with Crippen LogP contribution >= 0.6 is 0 Å². The Bertz CT molecular complexity index is 938. The van der Waals surface area contributed by atoms with Gasteiger partial charge in [-0.2, -0.15) is 0 Å². The molecule has 0 aliphatic carbocycles. The highest BCUT2D eigenvalue weighted by Crippen LogP contribution is 2.29. The Morgan fingerprint density at radius 3 is 1.79 bits per heavy atom. The third-order valence-corrected chi connectivity index (χ3v) is 8.13. The first-order valence-electron chi connectivity index (χ1n) is 14.5. The second-order valence-electron chi connectivity index (χ2n) is 11.2. The smallest absolute Gasteiger partial charge is 0.240 e. The molecule has 8 heteroatoms. The summed E-state index contributed by atoms with van der Waals surface area (Å²) in [6, 6.07) is 4.36. The number of amides is 1. The molecule has 0 atom stereocenters. The average molecular weight is 553 g/mol. The van der Waals surface area contributed by atoms with Gasteiger partial charge in [0.25, 0.3) is 0 Å². The molecule has 7 nitrogen and oxygen atoms in total. The van der Waals surface area contributed by atoms with E-state index in [4.69, 9.17) is 4.74 Å². The number of unbranched alkanes of at least 4 members (excludes halogenated alkanes) is 13. The lowest BCUT2D eigenvalue weighted by Crippen LogP contribution is -2.26. The van der Waals surface area contributed by atoms with Gasteiger partial charge in [0.15, 0.2) is 0 Å². The molecule has 0 aromatic heterocycles. The standard InChI is InChI=1S/C30H52N2O5S/c1-6-7-8-9-10-11-12-13-14-15-16-17-18-19-22-37-27-21-20-25(38(35,36)31-5)23-26(27)32-29(34)24-28(33)30(2,3)4/h20-21,23,31H,6-19,22,24H2,1-5H3,(H,32,34). The summed E-state index contributed by atoms with van der Waals surface area (Å²) in [6.45, 7) is 8.00. The van der Waals surface area contributed by atoms with Crippen LogP contribution in [0.2, 0.25) is 0 Å². The van der Waals surface area contributed by atoms with Crippen LogP contribution in [0.15, 0.2) is 23.1 Å². The lowest BCUT2D eigenvalue weighted by Gasteiger charge is -2.17. The van der Waals surface area contributed by atoms with Crippen LogP contribution in [0.1, 0.15) is 124 Å². The Hall–Kier alpha value is -1.93. The van der Waals surface area contributed by atoms with E-state index in [1.165, 1.54) is 89.8 Å². The third kappa shape index (κ3) is 14.3. The monoisotopic (exact) mass is 552 g/mol. The van der Waals surface area contributed by atoms with Gasteiger partial charge in [-0.05, 0) is 31.7 Å². The summed E-state index contributed by atoms with van der Waals surface area (Å²) in [5.74, 6) is -0.296. The Labute approximate surface area is 231 Å². The van der Waals surface area contributed by atoms with Gasteiger partial charge in [0.2, 0.25) is 15.9 Å². The molecule has 1 aromatic carbocycles. The van der Waals surface area contributed by atoms with Gasteiger partial charge in [0.05, 0.1) is 23.6 Å². The van der Waals surface area contributed by atoms with Crippen molar-refractivity contribution < 1.29 is 22.7 Å². The molecule has 0 aliphatic rings. The molecule has 1 amide bonds. The molecule has 0 unspecified atom stereocenters. The number of rotatable bonds is 21. The highest BCUT2D eigenvalue weighted by molar-refractivity contribution is 7.89. The van der Waals surface area contributed by atoms with Crippen molar-refractivity contribution in [2.24, 2.45) is 5.41 Å². The predicted molar refractivity (Wildman–Crippen MR) is 156 cm³/mol.